The van der Waals surface area contributed by atoms with E-state index >= 15 is 0 Å². The van der Waals surface area contributed by atoms with Gasteiger partial charge in [-0.15, -0.1) is 0 Å². The molecule has 1 unspecified atom stereocenters. The van der Waals surface area contributed by atoms with Gasteiger partial charge in [0.1, 0.15) is 0 Å². The van der Waals surface area contributed by atoms with E-state index in [9.17, 15) is 0 Å². The van der Waals surface area contributed by atoms with Crippen LogP contribution in [0.2, 0.25) is 0 Å². The molecule has 2 aromatic carbocycles. The highest BCUT2D eigenvalue weighted by Crippen LogP contribution is 2.24. The summed E-state index contributed by atoms with van der Waals surface area (Å²) in [4.78, 5) is 2.11. The molecule has 1 atom stereocenters. The van der Waals surface area contributed by atoms with Crippen molar-refractivity contribution in [2.24, 2.45) is 0 Å². The van der Waals surface area contributed by atoms with Crippen LogP contribution >= 0.6 is 0 Å². The van der Waals surface area contributed by atoms with Crippen molar-refractivity contribution in [2.75, 3.05) is 24.3 Å². The largest absolute Gasteiger partial charge is 0.379 e. The van der Waals surface area contributed by atoms with E-state index in [2.05, 4.69) is 87.5 Å². The van der Waals surface area contributed by atoms with Crippen molar-refractivity contribution >= 4 is 11.4 Å². The first-order chi connectivity index (χ1) is 9.47. The summed E-state index contributed by atoms with van der Waals surface area (Å²) in [5, 5.41) is 3.57. The van der Waals surface area contributed by atoms with Gasteiger partial charge >= 0.3 is 0 Å². The summed E-state index contributed by atoms with van der Waals surface area (Å²) < 4.78 is 0. The van der Waals surface area contributed by atoms with Gasteiger partial charge in [0.2, 0.25) is 0 Å². The van der Waals surface area contributed by atoms with E-state index < -0.39 is 0 Å². The van der Waals surface area contributed by atoms with Crippen LogP contribution in [0.5, 0.6) is 0 Å². The minimum absolute atomic E-state index is 0.306. The Morgan fingerprint density at radius 3 is 2.20 bits per heavy atom. The van der Waals surface area contributed by atoms with Gasteiger partial charge in [-0.25, -0.2) is 0 Å². The molecular formula is C18H24N2. The van der Waals surface area contributed by atoms with Gasteiger partial charge in [0.15, 0.2) is 0 Å². The minimum Gasteiger partial charge on any atom is -0.379 e. The van der Waals surface area contributed by atoms with Gasteiger partial charge in [0, 0.05) is 31.5 Å². The maximum atomic E-state index is 3.57. The fourth-order valence-electron chi connectivity index (χ4n) is 2.41. The Balaban J connectivity index is 2.14. The topological polar surface area (TPSA) is 15.3 Å². The monoisotopic (exact) mass is 268 g/mol. The lowest BCUT2D eigenvalue weighted by atomic mass is 10.00. The maximum Gasteiger partial charge on any atom is 0.0488 e. The second kappa shape index (κ2) is 6.00. The Hall–Kier alpha value is -1.96. The SMILES string of the molecule is Cc1ccc(C)c(C(C)Nc2ccc(N(C)C)cc2)c1. The number of hydrogen-bond acceptors (Lipinski definition) is 2. The van der Waals surface area contributed by atoms with E-state index in [1.165, 1.54) is 22.4 Å². The van der Waals surface area contributed by atoms with E-state index in [0.717, 1.165) is 5.69 Å². The number of nitrogens with one attached hydrogen (secondary N) is 1. The van der Waals surface area contributed by atoms with Crippen molar-refractivity contribution in [1.82, 2.24) is 0 Å². The molecule has 0 bridgehead atoms. The molecule has 0 aliphatic rings. The van der Waals surface area contributed by atoms with Crippen LogP contribution in [-0.2, 0) is 0 Å². The number of benzene rings is 2. The molecule has 1 N–H and O–H groups in total. The summed E-state index contributed by atoms with van der Waals surface area (Å²) in [5.74, 6) is 0. The lowest BCUT2D eigenvalue weighted by Gasteiger charge is -2.19. The summed E-state index contributed by atoms with van der Waals surface area (Å²) in [7, 11) is 4.11. The Morgan fingerprint density at radius 2 is 1.60 bits per heavy atom. The van der Waals surface area contributed by atoms with Crippen molar-refractivity contribution in [3.8, 4) is 0 Å². The predicted molar refractivity (Wildman–Crippen MR) is 88.7 cm³/mol. The zero-order valence-corrected chi connectivity index (χ0v) is 13.1. The second-order valence-electron chi connectivity index (χ2n) is 5.67. The molecule has 2 aromatic rings. The van der Waals surface area contributed by atoms with E-state index in [1.54, 1.807) is 0 Å². The van der Waals surface area contributed by atoms with Crippen LogP contribution in [0.1, 0.15) is 29.7 Å². The average Bonchev–Trinajstić information content (AvgIpc) is 2.42. The molecule has 0 aliphatic carbocycles. The second-order valence-corrected chi connectivity index (χ2v) is 5.67. The molecule has 2 nitrogen and oxygen atoms in total. The van der Waals surface area contributed by atoms with Gasteiger partial charge in [-0.05, 0) is 56.2 Å². The van der Waals surface area contributed by atoms with Gasteiger partial charge in [-0.1, -0.05) is 23.8 Å². The summed E-state index contributed by atoms with van der Waals surface area (Å²) in [6.45, 7) is 6.52. The fraction of sp³-hybridized carbons (Fsp3) is 0.333. The van der Waals surface area contributed by atoms with Gasteiger partial charge < -0.3 is 10.2 Å². The van der Waals surface area contributed by atoms with Crippen molar-refractivity contribution in [2.45, 2.75) is 26.8 Å². The summed E-state index contributed by atoms with van der Waals surface area (Å²) in [6, 6.07) is 15.5. The van der Waals surface area contributed by atoms with Gasteiger partial charge in [-0.2, -0.15) is 0 Å². The molecule has 20 heavy (non-hydrogen) atoms. The Morgan fingerprint density at radius 1 is 0.950 bits per heavy atom. The normalized spacial score (nSPS) is 12.1. The third kappa shape index (κ3) is 3.32. The van der Waals surface area contributed by atoms with E-state index in [4.69, 9.17) is 0 Å². The molecule has 0 aromatic heterocycles. The van der Waals surface area contributed by atoms with Crippen molar-refractivity contribution < 1.29 is 0 Å². The van der Waals surface area contributed by atoms with Crippen LogP contribution in [-0.4, -0.2) is 14.1 Å². The van der Waals surface area contributed by atoms with E-state index in [1.807, 2.05) is 0 Å². The first kappa shape index (κ1) is 14.4. The quantitative estimate of drug-likeness (QED) is 0.875. The van der Waals surface area contributed by atoms with Crippen LogP contribution in [0, 0.1) is 13.8 Å². The summed E-state index contributed by atoms with van der Waals surface area (Å²) in [6.07, 6.45) is 0. The maximum absolute atomic E-state index is 3.57. The first-order valence-electron chi connectivity index (χ1n) is 7.08. The third-order valence-corrected chi connectivity index (χ3v) is 3.67. The van der Waals surface area contributed by atoms with Gasteiger partial charge in [0.25, 0.3) is 0 Å². The molecule has 106 valence electrons. The predicted octanol–water partition coefficient (Wildman–Crippen LogP) is 4.54. The van der Waals surface area contributed by atoms with E-state index in [0.29, 0.717) is 6.04 Å². The Labute approximate surface area is 122 Å². The zero-order chi connectivity index (χ0) is 14.7. The third-order valence-electron chi connectivity index (χ3n) is 3.67. The van der Waals surface area contributed by atoms with E-state index in [-0.39, 0.29) is 0 Å². The van der Waals surface area contributed by atoms with Crippen LogP contribution in [0.15, 0.2) is 42.5 Å². The van der Waals surface area contributed by atoms with Gasteiger partial charge in [0.05, 0.1) is 0 Å². The molecule has 0 saturated carbocycles. The van der Waals surface area contributed by atoms with Crippen molar-refractivity contribution in [1.29, 1.82) is 0 Å². The van der Waals surface area contributed by atoms with Crippen LogP contribution in [0.3, 0.4) is 0 Å². The van der Waals surface area contributed by atoms with Crippen LogP contribution in [0.25, 0.3) is 0 Å². The van der Waals surface area contributed by atoms with Crippen molar-refractivity contribution in [3.05, 3.63) is 59.2 Å². The molecule has 0 aliphatic heterocycles. The highest BCUT2D eigenvalue weighted by Gasteiger charge is 2.08. The lowest BCUT2D eigenvalue weighted by Crippen LogP contribution is -2.10. The molecule has 0 heterocycles. The molecular weight excluding hydrogens is 244 g/mol. The standard InChI is InChI=1S/C18H24N2/c1-13-6-7-14(2)18(12-13)15(3)19-16-8-10-17(11-9-16)20(4)5/h6-12,15,19H,1-5H3. The number of hydrogen-bond donors (Lipinski definition) is 1. The smallest absolute Gasteiger partial charge is 0.0488 e. The Kier molecular flexibility index (Phi) is 4.33. The number of anilines is 2. The average molecular weight is 268 g/mol. The zero-order valence-electron chi connectivity index (χ0n) is 13.1. The number of nitrogens with zero attached hydrogens (tertiary/aromatic N) is 1. The highest BCUT2D eigenvalue weighted by molar-refractivity contribution is 5.55. The van der Waals surface area contributed by atoms with Gasteiger partial charge in [-0.3, -0.25) is 0 Å². The Bertz CT molecular complexity index is 570. The molecule has 2 heteroatoms. The molecule has 2 rings (SSSR count). The lowest BCUT2D eigenvalue weighted by molar-refractivity contribution is 0.872. The number of rotatable bonds is 4. The van der Waals surface area contributed by atoms with Crippen LogP contribution < -0.4 is 10.2 Å². The fourth-order valence-corrected chi connectivity index (χ4v) is 2.41. The molecule has 0 fully saturated rings. The van der Waals surface area contributed by atoms with Crippen LogP contribution in [0.4, 0.5) is 11.4 Å². The minimum atomic E-state index is 0.306. The summed E-state index contributed by atoms with van der Waals surface area (Å²) >= 11 is 0. The molecule has 0 amide bonds. The molecule has 0 radical (unpaired) electrons. The molecule has 0 saturated heterocycles. The first-order valence-corrected chi connectivity index (χ1v) is 7.08. The highest BCUT2D eigenvalue weighted by atomic mass is 15.1. The summed E-state index contributed by atoms with van der Waals surface area (Å²) in [5.41, 5.74) is 6.38. The molecule has 0 spiro atoms. The number of aryl methyl sites for hydroxylation is 2. The van der Waals surface area contributed by atoms with Crippen molar-refractivity contribution in [3.63, 3.8) is 0 Å².